The van der Waals surface area contributed by atoms with Crippen LogP contribution in [0.5, 0.6) is 0 Å². The molecular formula is C19H31N3O. The first-order valence-electron chi connectivity index (χ1n) is 8.72. The highest BCUT2D eigenvalue weighted by atomic mass is 16.2. The number of hydrogen-bond donors (Lipinski definition) is 1. The molecule has 0 saturated carbocycles. The van der Waals surface area contributed by atoms with Crippen molar-refractivity contribution in [2.24, 2.45) is 0 Å². The Bertz CT molecular complexity index is 528. The minimum absolute atomic E-state index is 0.0723. The summed E-state index contributed by atoms with van der Waals surface area (Å²) < 4.78 is 0. The van der Waals surface area contributed by atoms with E-state index in [9.17, 15) is 4.79 Å². The van der Waals surface area contributed by atoms with Crippen LogP contribution in [-0.4, -0.2) is 43.2 Å². The number of benzene rings is 1. The molecule has 1 heterocycles. The number of hydrogen-bond acceptors (Lipinski definition) is 2. The fraction of sp³-hybridized carbons (Fsp3) is 0.632. The van der Waals surface area contributed by atoms with Crippen molar-refractivity contribution in [3.05, 3.63) is 29.8 Å². The second-order valence-corrected chi connectivity index (χ2v) is 7.50. The van der Waals surface area contributed by atoms with Crippen LogP contribution in [0, 0.1) is 0 Å². The number of piperazine rings is 1. The molecule has 0 aromatic heterocycles. The van der Waals surface area contributed by atoms with E-state index in [0.29, 0.717) is 0 Å². The average molecular weight is 317 g/mol. The van der Waals surface area contributed by atoms with Gasteiger partial charge in [-0.05, 0) is 30.4 Å². The van der Waals surface area contributed by atoms with Crippen molar-refractivity contribution in [3.8, 4) is 0 Å². The standard InChI is InChI=1S/C19H31N3O/c1-6-15(2)20-18(23)22-13-11-21(12-14-22)17-10-8-7-9-16(17)19(3,4)5/h7-10,15H,6,11-14H2,1-5H3,(H,20,23). The summed E-state index contributed by atoms with van der Waals surface area (Å²) in [6.45, 7) is 14.2. The van der Waals surface area contributed by atoms with Gasteiger partial charge in [-0.2, -0.15) is 0 Å². The van der Waals surface area contributed by atoms with Gasteiger partial charge in [0.2, 0.25) is 0 Å². The van der Waals surface area contributed by atoms with Gasteiger partial charge in [0, 0.05) is 37.9 Å². The van der Waals surface area contributed by atoms with Crippen LogP contribution in [0.3, 0.4) is 0 Å². The first-order chi connectivity index (χ1) is 10.8. The Morgan fingerprint density at radius 3 is 2.35 bits per heavy atom. The predicted molar refractivity (Wildman–Crippen MR) is 97.2 cm³/mol. The molecular weight excluding hydrogens is 286 g/mol. The second-order valence-electron chi connectivity index (χ2n) is 7.50. The second kappa shape index (κ2) is 7.24. The summed E-state index contributed by atoms with van der Waals surface area (Å²) in [5.41, 5.74) is 2.81. The number of rotatable bonds is 3. The molecule has 0 aliphatic carbocycles. The molecule has 4 heteroatoms. The van der Waals surface area contributed by atoms with Crippen LogP contribution in [0.1, 0.15) is 46.6 Å². The molecule has 0 bridgehead atoms. The average Bonchev–Trinajstić information content (AvgIpc) is 2.54. The van der Waals surface area contributed by atoms with Crippen LogP contribution >= 0.6 is 0 Å². The summed E-state index contributed by atoms with van der Waals surface area (Å²) in [6, 6.07) is 8.95. The zero-order valence-corrected chi connectivity index (χ0v) is 15.2. The Balaban J connectivity index is 2.02. The van der Waals surface area contributed by atoms with E-state index in [2.05, 4.69) is 62.2 Å². The third kappa shape index (κ3) is 4.40. The van der Waals surface area contributed by atoms with E-state index in [1.54, 1.807) is 0 Å². The summed E-state index contributed by atoms with van der Waals surface area (Å²) in [5, 5.41) is 3.06. The van der Waals surface area contributed by atoms with Crippen molar-refractivity contribution in [2.75, 3.05) is 31.1 Å². The normalized spacial score (nSPS) is 17.1. The number of nitrogens with one attached hydrogen (secondary N) is 1. The summed E-state index contributed by atoms with van der Waals surface area (Å²) in [7, 11) is 0. The Morgan fingerprint density at radius 1 is 1.17 bits per heavy atom. The van der Waals surface area contributed by atoms with Gasteiger partial charge in [-0.15, -0.1) is 0 Å². The molecule has 1 atom stereocenters. The van der Waals surface area contributed by atoms with Crippen molar-refractivity contribution in [2.45, 2.75) is 52.5 Å². The fourth-order valence-corrected chi connectivity index (χ4v) is 2.94. The van der Waals surface area contributed by atoms with Gasteiger partial charge < -0.3 is 15.1 Å². The van der Waals surface area contributed by atoms with Crippen molar-refractivity contribution in [1.29, 1.82) is 0 Å². The zero-order chi connectivity index (χ0) is 17.0. The van der Waals surface area contributed by atoms with Crippen LogP contribution in [0.4, 0.5) is 10.5 Å². The van der Waals surface area contributed by atoms with Crippen LogP contribution in [0.15, 0.2) is 24.3 Å². The van der Waals surface area contributed by atoms with Gasteiger partial charge >= 0.3 is 6.03 Å². The molecule has 4 nitrogen and oxygen atoms in total. The van der Waals surface area contributed by atoms with E-state index in [1.807, 2.05) is 11.8 Å². The molecule has 1 aliphatic heterocycles. The minimum atomic E-state index is 0.0723. The molecule has 1 saturated heterocycles. The maximum Gasteiger partial charge on any atom is 0.317 e. The Morgan fingerprint density at radius 2 is 1.78 bits per heavy atom. The lowest BCUT2D eigenvalue weighted by Gasteiger charge is -2.38. The monoisotopic (exact) mass is 317 g/mol. The molecule has 2 amide bonds. The summed E-state index contributed by atoms with van der Waals surface area (Å²) >= 11 is 0. The van der Waals surface area contributed by atoms with E-state index in [4.69, 9.17) is 0 Å². The topological polar surface area (TPSA) is 35.6 Å². The molecule has 128 valence electrons. The number of amides is 2. The molecule has 1 fully saturated rings. The molecule has 1 aliphatic rings. The van der Waals surface area contributed by atoms with Gasteiger partial charge in [0.25, 0.3) is 0 Å². The lowest BCUT2D eigenvalue weighted by Crippen LogP contribution is -2.53. The number of nitrogens with zero attached hydrogens (tertiary/aromatic N) is 2. The largest absolute Gasteiger partial charge is 0.368 e. The molecule has 1 aromatic carbocycles. The predicted octanol–water partition coefficient (Wildman–Crippen LogP) is 3.61. The maximum atomic E-state index is 12.2. The number of urea groups is 1. The molecule has 2 rings (SSSR count). The van der Waals surface area contributed by atoms with Gasteiger partial charge in [-0.3, -0.25) is 0 Å². The summed E-state index contributed by atoms with van der Waals surface area (Å²) in [5.74, 6) is 0. The first kappa shape index (κ1) is 17.6. The van der Waals surface area contributed by atoms with Crippen molar-refractivity contribution < 1.29 is 4.79 Å². The molecule has 1 N–H and O–H groups in total. The fourth-order valence-electron chi connectivity index (χ4n) is 2.94. The van der Waals surface area contributed by atoms with Gasteiger partial charge in [0.1, 0.15) is 0 Å². The third-order valence-corrected chi connectivity index (χ3v) is 4.60. The van der Waals surface area contributed by atoms with Gasteiger partial charge in [0.15, 0.2) is 0 Å². The van der Waals surface area contributed by atoms with Crippen LogP contribution in [0.25, 0.3) is 0 Å². The van der Waals surface area contributed by atoms with Gasteiger partial charge in [-0.25, -0.2) is 4.79 Å². The Labute approximate surface area is 140 Å². The van der Waals surface area contributed by atoms with Gasteiger partial charge in [0.05, 0.1) is 0 Å². The number of para-hydroxylation sites is 1. The number of carbonyl (C=O) groups is 1. The van der Waals surface area contributed by atoms with Crippen molar-refractivity contribution in [3.63, 3.8) is 0 Å². The van der Waals surface area contributed by atoms with Crippen LogP contribution in [0.2, 0.25) is 0 Å². The van der Waals surface area contributed by atoms with E-state index >= 15 is 0 Å². The highest BCUT2D eigenvalue weighted by Gasteiger charge is 2.25. The lowest BCUT2D eigenvalue weighted by atomic mass is 9.85. The highest BCUT2D eigenvalue weighted by molar-refractivity contribution is 5.75. The smallest absolute Gasteiger partial charge is 0.317 e. The summed E-state index contributed by atoms with van der Waals surface area (Å²) in [6.07, 6.45) is 0.963. The van der Waals surface area contributed by atoms with Gasteiger partial charge in [-0.1, -0.05) is 45.9 Å². The number of carbonyl (C=O) groups excluding carboxylic acids is 1. The third-order valence-electron chi connectivity index (χ3n) is 4.60. The number of anilines is 1. The SMILES string of the molecule is CCC(C)NC(=O)N1CCN(c2ccccc2C(C)(C)C)CC1. The maximum absolute atomic E-state index is 12.2. The van der Waals surface area contributed by atoms with Crippen molar-refractivity contribution in [1.82, 2.24) is 10.2 Å². The molecule has 0 spiro atoms. The first-order valence-corrected chi connectivity index (χ1v) is 8.72. The van der Waals surface area contributed by atoms with E-state index < -0.39 is 0 Å². The Kier molecular flexibility index (Phi) is 5.55. The van der Waals surface area contributed by atoms with Crippen molar-refractivity contribution >= 4 is 11.7 Å². The van der Waals surface area contributed by atoms with Crippen LogP contribution in [-0.2, 0) is 5.41 Å². The highest BCUT2D eigenvalue weighted by Crippen LogP contribution is 2.32. The summed E-state index contributed by atoms with van der Waals surface area (Å²) in [4.78, 5) is 16.6. The minimum Gasteiger partial charge on any atom is -0.368 e. The molecule has 1 unspecified atom stereocenters. The van der Waals surface area contributed by atoms with E-state index in [1.165, 1.54) is 11.3 Å². The van der Waals surface area contributed by atoms with E-state index in [0.717, 1.165) is 32.6 Å². The molecule has 1 aromatic rings. The quantitative estimate of drug-likeness (QED) is 0.924. The molecule has 0 radical (unpaired) electrons. The van der Waals surface area contributed by atoms with E-state index in [-0.39, 0.29) is 17.5 Å². The lowest BCUT2D eigenvalue weighted by molar-refractivity contribution is 0.190. The molecule has 23 heavy (non-hydrogen) atoms. The zero-order valence-electron chi connectivity index (χ0n) is 15.2. The van der Waals surface area contributed by atoms with Crippen LogP contribution < -0.4 is 10.2 Å². The Hall–Kier alpha value is -1.71.